The van der Waals surface area contributed by atoms with E-state index < -0.39 is 5.97 Å². The van der Waals surface area contributed by atoms with Crippen LogP contribution in [0.1, 0.15) is 36.0 Å². The summed E-state index contributed by atoms with van der Waals surface area (Å²) < 4.78 is 2.09. The average molecular weight is 291 g/mol. The summed E-state index contributed by atoms with van der Waals surface area (Å²) >= 11 is 1.89. The molecule has 0 saturated heterocycles. The van der Waals surface area contributed by atoms with Crippen molar-refractivity contribution in [1.82, 2.24) is 15.0 Å². The molecule has 0 bridgehead atoms. The molecule has 1 heterocycles. The predicted molar refractivity (Wildman–Crippen MR) is 79.2 cm³/mol. The molecule has 1 aliphatic carbocycles. The Morgan fingerprint density at radius 2 is 2.20 bits per heavy atom. The Kier molecular flexibility index (Phi) is 3.41. The molecule has 5 nitrogen and oxygen atoms in total. The number of benzene rings is 1. The molecule has 0 radical (unpaired) electrons. The first-order valence-corrected chi connectivity index (χ1v) is 7.98. The molecule has 3 rings (SSSR count). The highest BCUT2D eigenvalue weighted by Gasteiger charge is 2.34. The van der Waals surface area contributed by atoms with Gasteiger partial charge in [-0.3, -0.25) is 0 Å². The highest BCUT2D eigenvalue weighted by molar-refractivity contribution is 8.00. The first-order valence-electron chi connectivity index (χ1n) is 6.76. The van der Waals surface area contributed by atoms with Gasteiger partial charge in [0, 0.05) is 4.75 Å². The zero-order valence-corrected chi connectivity index (χ0v) is 12.2. The Bertz CT molecular complexity index is 647. The van der Waals surface area contributed by atoms with E-state index in [1.165, 1.54) is 25.7 Å². The van der Waals surface area contributed by atoms with Gasteiger partial charge >= 0.3 is 5.97 Å². The first kappa shape index (κ1) is 13.4. The van der Waals surface area contributed by atoms with Crippen molar-refractivity contribution in [2.75, 3.05) is 6.26 Å². The number of thioether (sulfide) groups is 1. The smallest absolute Gasteiger partial charge is 0.338 e. The summed E-state index contributed by atoms with van der Waals surface area (Å²) in [5.74, 6) is -0.955. The summed E-state index contributed by atoms with van der Waals surface area (Å²) in [6.07, 6.45) is 7.04. The van der Waals surface area contributed by atoms with Crippen LogP contribution in [-0.2, 0) is 6.54 Å². The highest BCUT2D eigenvalue weighted by atomic mass is 32.2. The highest BCUT2D eigenvalue weighted by Crippen LogP contribution is 2.41. The van der Waals surface area contributed by atoms with E-state index in [4.69, 9.17) is 0 Å². The van der Waals surface area contributed by atoms with Crippen LogP contribution < -0.4 is 0 Å². The molecule has 1 N–H and O–H groups in total. The fourth-order valence-electron chi connectivity index (χ4n) is 3.00. The van der Waals surface area contributed by atoms with Crippen LogP contribution in [0.3, 0.4) is 0 Å². The molecule has 6 heteroatoms. The molecule has 0 unspecified atom stereocenters. The molecule has 106 valence electrons. The molecular weight excluding hydrogens is 274 g/mol. The van der Waals surface area contributed by atoms with Crippen LogP contribution in [0.25, 0.3) is 11.0 Å². The van der Waals surface area contributed by atoms with Crippen molar-refractivity contribution in [2.24, 2.45) is 0 Å². The number of fused-ring (bicyclic) bond motifs is 1. The van der Waals surface area contributed by atoms with Gasteiger partial charge in [0.05, 0.1) is 17.6 Å². The standard InChI is InChI=1S/C14H17N3O2S/c1-20-14(7-2-3-8-14)9-17-11-6-4-5-10(13(18)19)12(11)15-16-17/h4-6H,2-3,7-9H2,1H3,(H,18,19). The Morgan fingerprint density at radius 1 is 1.45 bits per heavy atom. The van der Waals surface area contributed by atoms with Gasteiger partial charge in [0.25, 0.3) is 0 Å². The van der Waals surface area contributed by atoms with Gasteiger partial charge in [0.1, 0.15) is 5.52 Å². The van der Waals surface area contributed by atoms with Crippen LogP contribution in [0.4, 0.5) is 0 Å². The van der Waals surface area contributed by atoms with E-state index in [9.17, 15) is 9.90 Å². The largest absolute Gasteiger partial charge is 0.478 e. The second-order valence-corrected chi connectivity index (χ2v) is 6.59. The van der Waals surface area contributed by atoms with Gasteiger partial charge < -0.3 is 5.11 Å². The number of aromatic carboxylic acids is 1. The van der Waals surface area contributed by atoms with Crippen LogP contribution in [0, 0.1) is 0 Å². The van der Waals surface area contributed by atoms with Crippen molar-refractivity contribution >= 4 is 28.8 Å². The molecule has 1 aromatic heterocycles. The summed E-state index contributed by atoms with van der Waals surface area (Å²) in [7, 11) is 0. The number of aromatic nitrogens is 3. The molecule has 0 atom stereocenters. The SMILES string of the molecule is CSC1(Cn2nnc3c(C(=O)O)cccc32)CCCC1. The number of carboxylic acid groups (broad SMARTS) is 1. The average Bonchev–Trinajstić information content (AvgIpc) is 3.07. The Labute approximate surface area is 121 Å². The van der Waals surface area contributed by atoms with E-state index in [-0.39, 0.29) is 10.3 Å². The Hall–Kier alpha value is -1.56. The normalized spacial score (nSPS) is 17.6. The third kappa shape index (κ3) is 2.18. The third-order valence-electron chi connectivity index (χ3n) is 4.16. The Balaban J connectivity index is 2.01. The molecule has 1 aliphatic rings. The maximum absolute atomic E-state index is 11.2. The third-order valence-corrected chi connectivity index (χ3v) is 5.56. The van der Waals surface area contributed by atoms with Crippen molar-refractivity contribution in [3.8, 4) is 0 Å². The van der Waals surface area contributed by atoms with Crippen molar-refractivity contribution in [1.29, 1.82) is 0 Å². The van der Waals surface area contributed by atoms with Crippen molar-refractivity contribution in [2.45, 2.75) is 37.0 Å². The Morgan fingerprint density at radius 3 is 2.85 bits per heavy atom. The second-order valence-electron chi connectivity index (χ2n) is 5.32. The summed E-state index contributed by atoms with van der Waals surface area (Å²) in [4.78, 5) is 11.2. The maximum Gasteiger partial charge on any atom is 0.338 e. The number of nitrogens with zero attached hydrogens (tertiary/aromatic N) is 3. The minimum atomic E-state index is -0.955. The van der Waals surface area contributed by atoms with Crippen molar-refractivity contribution in [3.05, 3.63) is 23.8 Å². The van der Waals surface area contributed by atoms with Crippen molar-refractivity contribution < 1.29 is 9.90 Å². The summed E-state index contributed by atoms with van der Waals surface area (Å²) in [6.45, 7) is 0.799. The molecule has 1 fully saturated rings. The molecule has 1 saturated carbocycles. The van der Waals surface area contributed by atoms with Crippen LogP contribution in [0.5, 0.6) is 0 Å². The number of carboxylic acids is 1. The quantitative estimate of drug-likeness (QED) is 0.938. The van der Waals surface area contributed by atoms with Gasteiger partial charge in [-0.2, -0.15) is 11.8 Å². The van der Waals surface area contributed by atoms with Crippen LogP contribution in [0.2, 0.25) is 0 Å². The van der Waals surface area contributed by atoms with Gasteiger partial charge in [-0.25, -0.2) is 9.48 Å². The van der Waals surface area contributed by atoms with Crippen LogP contribution in [-0.4, -0.2) is 37.1 Å². The van der Waals surface area contributed by atoms with Gasteiger partial charge in [-0.15, -0.1) is 5.10 Å². The molecule has 0 spiro atoms. The number of rotatable bonds is 4. The number of hydrogen-bond donors (Lipinski definition) is 1. The molecule has 0 aliphatic heterocycles. The van der Waals surface area contributed by atoms with Gasteiger partial charge in [-0.1, -0.05) is 24.1 Å². The topological polar surface area (TPSA) is 68.0 Å². The molecule has 0 amide bonds. The van der Waals surface area contributed by atoms with E-state index >= 15 is 0 Å². The van der Waals surface area contributed by atoms with Crippen molar-refractivity contribution in [3.63, 3.8) is 0 Å². The first-order chi connectivity index (χ1) is 9.65. The fourth-order valence-corrected chi connectivity index (χ4v) is 3.95. The summed E-state index contributed by atoms with van der Waals surface area (Å²) in [6, 6.07) is 5.22. The lowest BCUT2D eigenvalue weighted by Crippen LogP contribution is -2.27. The van der Waals surface area contributed by atoms with Gasteiger partial charge in [0.2, 0.25) is 0 Å². The van der Waals surface area contributed by atoms with E-state index in [1.807, 2.05) is 22.5 Å². The zero-order chi connectivity index (χ0) is 14.2. The number of carbonyl (C=O) groups is 1. The lowest BCUT2D eigenvalue weighted by molar-refractivity contribution is 0.0699. The predicted octanol–water partition coefficient (Wildman–Crippen LogP) is 2.81. The van der Waals surface area contributed by atoms with Gasteiger partial charge in [-0.05, 0) is 31.2 Å². The van der Waals surface area contributed by atoms with E-state index in [2.05, 4.69) is 16.6 Å². The van der Waals surface area contributed by atoms with Gasteiger partial charge in [0.15, 0.2) is 0 Å². The minimum Gasteiger partial charge on any atom is -0.478 e. The zero-order valence-electron chi connectivity index (χ0n) is 11.4. The van der Waals surface area contributed by atoms with E-state index in [0.29, 0.717) is 5.52 Å². The lowest BCUT2D eigenvalue weighted by atomic mass is 10.1. The lowest BCUT2D eigenvalue weighted by Gasteiger charge is -2.26. The molecule has 1 aromatic carbocycles. The number of hydrogen-bond acceptors (Lipinski definition) is 4. The molecular formula is C14H17N3O2S. The maximum atomic E-state index is 11.2. The fraction of sp³-hybridized carbons (Fsp3) is 0.500. The van der Waals surface area contributed by atoms with Crippen LogP contribution in [0.15, 0.2) is 18.2 Å². The second kappa shape index (κ2) is 5.09. The summed E-state index contributed by atoms with van der Waals surface area (Å²) in [5, 5.41) is 17.4. The minimum absolute atomic E-state index is 0.221. The van der Waals surface area contributed by atoms with Crippen LogP contribution >= 0.6 is 11.8 Å². The van der Waals surface area contributed by atoms with E-state index in [1.54, 1.807) is 12.1 Å². The monoisotopic (exact) mass is 291 g/mol. The molecule has 20 heavy (non-hydrogen) atoms. The molecule has 2 aromatic rings. The summed E-state index contributed by atoms with van der Waals surface area (Å²) in [5.41, 5.74) is 1.51. The van der Waals surface area contributed by atoms with E-state index in [0.717, 1.165) is 12.1 Å².